The molecule has 0 bridgehead atoms. The van der Waals surface area contributed by atoms with Crippen molar-refractivity contribution >= 4 is 22.5 Å². The van der Waals surface area contributed by atoms with E-state index in [4.69, 9.17) is 5.73 Å². The first-order valence-electron chi connectivity index (χ1n) is 5.37. The van der Waals surface area contributed by atoms with Crippen LogP contribution in [-0.2, 0) is 0 Å². The quantitative estimate of drug-likeness (QED) is 0.642. The standard InChI is InChI=1S/C14H15NS/c15-9-3-4-10-16-14-8-7-12-5-1-2-6-13(12)11-14/h1-8,11H,9-10,15H2. The Morgan fingerprint density at radius 1 is 1.00 bits per heavy atom. The highest BCUT2D eigenvalue weighted by molar-refractivity contribution is 7.99. The maximum Gasteiger partial charge on any atom is 0.0161 e. The summed E-state index contributed by atoms with van der Waals surface area (Å²) >= 11 is 1.83. The van der Waals surface area contributed by atoms with Gasteiger partial charge in [0.05, 0.1) is 0 Å². The lowest BCUT2D eigenvalue weighted by Gasteiger charge is -2.01. The zero-order valence-corrected chi connectivity index (χ0v) is 9.91. The molecular formula is C14H15NS. The summed E-state index contributed by atoms with van der Waals surface area (Å²) in [7, 11) is 0. The molecule has 0 aromatic heterocycles. The van der Waals surface area contributed by atoms with E-state index in [0.717, 1.165) is 5.75 Å². The van der Waals surface area contributed by atoms with E-state index in [1.165, 1.54) is 15.7 Å². The second kappa shape index (κ2) is 5.73. The number of hydrogen-bond donors (Lipinski definition) is 1. The van der Waals surface area contributed by atoms with Crippen molar-refractivity contribution in [3.05, 3.63) is 54.6 Å². The Kier molecular flexibility index (Phi) is 4.03. The van der Waals surface area contributed by atoms with E-state index in [9.17, 15) is 0 Å². The lowest BCUT2D eigenvalue weighted by atomic mass is 10.1. The predicted molar refractivity (Wildman–Crippen MR) is 72.9 cm³/mol. The average molecular weight is 229 g/mol. The van der Waals surface area contributed by atoms with E-state index in [2.05, 4.69) is 48.5 Å². The van der Waals surface area contributed by atoms with E-state index >= 15 is 0 Å². The maximum atomic E-state index is 5.39. The van der Waals surface area contributed by atoms with Gasteiger partial charge in [-0.2, -0.15) is 0 Å². The van der Waals surface area contributed by atoms with Crippen molar-refractivity contribution in [3.63, 3.8) is 0 Å². The molecule has 2 heteroatoms. The Bertz CT molecular complexity index is 491. The van der Waals surface area contributed by atoms with Crippen LogP contribution in [0.3, 0.4) is 0 Å². The molecule has 16 heavy (non-hydrogen) atoms. The number of fused-ring (bicyclic) bond motifs is 1. The van der Waals surface area contributed by atoms with Crippen molar-refractivity contribution in [2.75, 3.05) is 12.3 Å². The van der Waals surface area contributed by atoms with Crippen molar-refractivity contribution in [1.82, 2.24) is 0 Å². The van der Waals surface area contributed by atoms with Gasteiger partial charge in [-0.05, 0) is 22.9 Å². The predicted octanol–water partition coefficient (Wildman–Crippen LogP) is 3.45. The van der Waals surface area contributed by atoms with Crippen LogP contribution in [0.2, 0.25) is 0 Å². The Morgan fingerprint density at radius 2 is 1.81 bits per heavy atom. The molecule has 0 aliphatic carbocycles. The summed E-state index contributed by atoms with van der Waals surface area (Å²) in [6, 6.07) is 15.0. The molecular weight excluding hydrogens is 214 g/mol. The molecule has 2 aromatic rings. The fraction of sp³-hybridized carbons (Fsp3) is 0.143. The minimum atomic E-state index is 0.623. The fourth-order valence-corrected chi connectivity index (χ4v) is 2.37. The monoisotopic (exact) mass is 229 g/mol. The van der Waals surface area contributed by atoms with Crippen molar-refractivity contribution in [2.45, 2.75) is 4.90 Å². The zero-order valence-electron chi connectivity index (χ0n) is 9.10. The SMILES string of the molecule is NCC=CCSc1ccc2ccccc2c1. The summed E-state index contributed by atoms with van der Waals surface area (Å²) in [6.07, 6.45) is 4.11. The second-order valence-electron chi connectivity index (χ2n) is 3.53. The van der Waals surface area contributed by atoms with Crippen LogP contribution >= 0.6 is 11.8 Å². The zero-order chi connectivity index (χ0) is 11.2. The summed E-state index contributed by atoms with van der Waals surface area (Å²) < 4.78 is 0. The van der Waals surface area contributed by atoms with Gasteiger partial charge >= 0.3 is 0 Å². The molecule has 0 unspecified atom stereocenters. The van der Waals surface area contributed by atoms with E-state index in [1.807, 2.05) is 17.8 Å². The first-order chi connectivity index (χ1) is 7.90. The molecule has 2 rings (SSSR count). The molecule has 0 saturated carbocycles. The lowest BCUT2D eigenvalue weighted by Crippen LogP contribution is -1.92. The fourth-order valence-electron chi connectivity index (χ4n) is 1.57. The Labute approximate surface area is 100 Å². The van der Waals surface area contributed by atoms with Gasteiger partial charge in [-0.15, -0.1) is 11.8 Å². The Morgan fingerprint density at radius 3 is 2.62 bits per heavy atom. The van der Waals surface area contributed by atoms with Crippen LogP contribution in [0.5, 0.6) is 0 Å². The van der Waals surface area contributed by atoms with Gasteiger partial charge in [0.15, 0.2) is 0 Å². The molecule has 0 aliphatic heterocycles. The van der Waals surface area contributed by atoms with Crippen LogP contribution in [0.1, 0.15) is 0 Å². The maximum absolute atomic E-state index is 5.39. The molecule has 0 amide bonds. The highest BCUT2D eigenvalue weighted by Gasteiger charge is 1.95. The van der Waals surface area contributed by atoms with Crippen molar-refractivity contribution < 1.29 is 0 Å². The Balaban J connectivity index is 2.10. The number of thioether (sulfide) groups is 1. The van der Waals surface area contributed by atoms with Crippen molar-refractivity contribution in [2.24, 2.45) is 5.73 Å². The van der Waals surface area contributed by atoms with Crippen molar-refractivity contribution in [3.8, 4) is 0 Å². The first kappa shape index (κ1) is 11.2. The second-order valence-corrected chi connectivity index (χ2v) is 4.62. The number of nitrogens with two attached hydrogens (primary N) is 1. The third kappa shape index (κ3) is 2.87. The summed E-state index contributed by atoms with van der Waals surface area (Å²) in [5, 5.41) is 2.60. The molecule has 0 aliphatic rings. The number of benzene rings is 2. The third-order valence-corrected chi connectivity index (χ3v) is 3.32. The number of hydrogen-bond acceptors (Lipinski definition) is 2. The van der Waals surface area contributed by atoms with Gasteiger partial charge < -0.3 is 5.73 Å². The van der Waals surface area contributed by atoms with Gasteiger partial charge in [0.25, 0.3) is 0 Å². The van der Waals surface area contributed by atoms with E-state index in [-0.39, 0.29) is 0 Å². The van der Waals surface area contributed by atoms with E-state index < -0.39 is 0 Å². The van der Waals surface area contributed by atoms with E-state index in [1.54, 1.807) is 0 Å². The molecule has 0 atom stereocenters. The molecule has 0 saturated heterocycles. The highest BCUT2D eigenvalue weighted by Crippen LogP contribution is 2.23. The van der Waals surface area contributed by atoms with Crippen LogP contribution in [-0.4, -0.2) is 12.3 Å². The molecule has 0 radical (unpaired) electrons. The molecule has 2 aromatic carbocycles. The summed E-state index contributed by atoms with van der Waals surface area (Å²) in [4.78, 5) is 1.31. The lowest BCUT2D eigenvalue weighted by molar-refractivity contribution is 1.25. The normalized spacial score (nSPS) is 11.3. The first-order valence-corrected chi connectivity index (χ1v) is 6.35. The van der Waals surface area contributed by atoms with Crippen LogP contribution in [0.15, 0.2) is 59.5 Å². The highest BCUT2D eigenvalue weighted by atomic mass is 32.2. The smallest absolute Gasteiger partial charge is 0.0161 e. The Hall–Kier alpha value is -1.25. The minimum absolute atomic E-state index is 0.623. The summed E-state index contributed by atoms with van der Waals surface area (Å²) in [6.45, 7) is 0.623. The van der Waals surface area contributed by atoms with E-state index in [0.29, 0.717) is 6.54 Å². The largest absolute Gasteiger partial charge is 0.327 e. The molecule has 1 nitrogen and oxygen atoms in total. The van der Waals surface area contributed by atoms with Crippen LogP contribution in [0, 0.1) is 0 Å². The molecule has 0 spiro atoms. The molecule has 0 heterocycles. The molecule has 82 valence electrons. The summed E-state index contributed by atoms with van der Waals surface area (Å²) in [5.41, 5.74) is 5.39. The van der Waals surface area contributed by atoms with Crippen LogP contribution < -0.4 is 5.73 Å². The van der Waals surface area contributed by atoms with Crippen LogP contribution in [0.25, 0.3) is 10.8 Å². The third-order valence-electron chi connectivity index (χ3n) is 2.37. The molecule has 0 fully saturated rings. The van der Waals surface area contributed by atoms with Gasteiger partial charge in [0.1, 0.15) is 0 Å². The number of rotatable bonds is 4. The van der Waals surface area contributed by atoms with Gasteiger partial charge in [-0.3, -0.25) is 0 Å². The average Bonchev–Trinajstić information content (AvgIpc) is 2.34. The molecule has 2 N–H and O–H groups in total. The minimum Gasteiger partial charge on any atom is -0.327 e. The summed E-state index contributed by atoms with van der Waals surface area (Å²) in [5.74, 6) is 0.982. The van der Waals surface area contributed by atoms with Crippen LogP contribution in [0.4, 0.5) is 0 Å². The van der Waals surface area contributed by atoms with Gasteiger partial charge in [0.2, 0.25) is 0 Å². The van der Waals surface area contributed by atoms with Crippen molar-refractivity contribution in [1.29, 1.82) is 0 Å². The van der Waals surface area contributed by atoms with Gasteiger partial charge in [-0.1, -0.05) is 42.5 Å². The van der Waals surface area contributed by atoms with Gasteiger partial charge in [0, 0.05) is 17.2 Å². The topological polar surface area (TPSA) is 26.0 Å². The van der Waals surface area contributed by atoms with Gasteiger partial charge in [-0.25, -0.2) is 0 Å².